The van der Waals surface area contributed by atoms with Crippen LogP contribution in [0.3, 0.4) is 0 Å². The fraction of sp³-hybridized carbons (Fsp3) is 0.111. The highest BCUT2D eigenvalue weighted by atomic mass is 16.5. The molecule has 0 saturated heterocycles. The molecule has 6 nitrogen and oxygen atoms in total. The van der Waals surface area contributed by atoms with Gasteiger partial charge in [-0.05, 0) is 41.5 Å². The molecule has 0 spiro atoms. The van der Waals surface area contributed by atoms with E-state index < -0.39 is 0 Å². The van der Waals surface area contributed by atoms with E-state index in [0.29, 0.717) is 6.42 Å². The van der Waals surface area contributed by atoms with Gasteiger partial charge in [-0.25, -0.2) is 5.43 Å². The van der Waals surface area contributed by atoms with Gasteiger partial charge in [0.05, 0.1) is 12.8 Å². The molecule has 0 bridgehead atoms. The van der Waals surface area contributed by atoms with Gasteiger partial charge in [0, 0.05) is 23.5 Å². The first-order valence-corrected chi connectivity index (χ1v) is 7.54. The molecule has 0 aliphatic heterocycles. The molecule has 2 aromatic carbocycles. The number of guanidine groups is 1. The summed E-state index contributed by atoms with van der Waals surface area (Å²) in [5.41, 5.74) is 12.0. The molecule has 3 aromatic rings. The number of hydrazone groups is 1. The molecule has 0 unspecified atom stereocenters. The van der Waals surface area contributed by atoms with E-state index >= 15 is 0 Å². The minimum Gasteiger partial charge on any atom is -0.497 e. The minimum absolute atomic E-state index is 0.180. The number of nitrogens with zero attached hydrogens (tertiary/aromatic N) is 1. The molecule has 0 aliphatic rings. The van der Waals surface area contributed by atoms with Gasteiger partial charge in [-0.3, -0.25) is 5.41 Å². The number of rotatable bonds is 5. The van der Waals surface area contributed by atoms with Crippen molar-refractivity contribution in [3.8, 4) is 17.0 Å². The largest absolute Gasteiger partial charge is 0.497 e. The quantitative estimate of drug-likeness (QED) is 0.330. The summed E-state index contributed by atoms with van der Waals surface area (Å²) in [5.74, 6) is 0.643. The Morgan fingerprint density at radius 3 is 2.71 bits per heavy atom. The molecule has 3 rings (SSSR count). The molecule has 122 valence electrons. The third kappa shape index (κ3) is 3.22. The maximum atomic E-state index is 7.13. The highest BCUT2D eigenvalue weighted by Gasteiger charge is 2.12. The summed E-state index contributed by atoms with van der Waals surface area (Å²) in [7, 11) is 1.65. The van der Waals surface area contributed by atoms with Crippen LogP contribution in [0, 0.1) is 5.41 Å². The van der Waals surface area contributed by atoms with Gasteiger partial charge in [0.2, 0.25) is 5.96 Å². The van der Waals surface area contributed by atoms with Crippen molar-refractivity contribution in [3.05, 3.63) is 54.1 Å². The van der Waals surface area contributed by atoms with Gasteiger partial charge in [-0.1, -0.05) is 18.2 Å². The Hall–Kier alpha value is -3.28. The van der Waals surface area contributed by atoms with Crippen LogP contribution in [0.4, 0.5) is 0 Å². The molecule has 24 heavy (non-hydrogen) atoms. The van der Waals surface area contributed by atoms with Crippen LogP contribution >= 0.6 is 0 Å². The highest BCUT2D eigenvalue weighted by Crippen LogP contribution is 2.31. The van der Waals surface area contributed by atoms with Crippen molar-refractivity contribution >= 4 is 23.1 Å². The molecule has 0 aliphatic carbocycles. The molecule has 1 heterocycles. The van der Waals surface area contributed by atoms with Gasteiger partial charge in [0.25, 0.3) is 0 Å². The van der Waals surface area contributed by atoms with E-state index in [0.717, 1.165) is 33.5 Å². The van der Waals surface area contributed by atoms with Crippen LogP contribution in [0.25, 0.3) is 22.2 Å². The number of hydrogen-bond donors (Lipinski definition) is 4. The summed E-state index contributed by atoms with van der Waals surface area (Å²) in [6.45, 7) is 0. The van der Waals surface area contributed by atoms with Crippen molar-refractivity contribution in [1.82, 2.24) is 10.4 Å². The number of benzene rings is 2. The van der Waals surface area contributed by atoms with Crippen molar-refractivity contribution in [3.63, 3.8) is 0 Å². The van der Waals surface area contributed by atoms with Gasteiger partial charge in [0.1, 0.15) is 5.75 Å². The molecule has 0 fully saturated rings. The Bertz CT molecular complexity index is 880. The number of methoxy groups -OCH3 is 1. The Labute approximate surface area is 139 Å². The molecule has 6 heteroatoms. The lowest BCUT2D eigenvalue weighted by Crippen LogP contribution is -2.25. The maximum Gasteiger partial charge on any atom is 0.206 e. The number of para-hydroxylation sites is 1. The van der Waals surface area contributed by atoms with Crippen LogP contribution in [-0.4, -0.2) is 24.3 Å². The number of nitrogens with one attached hydrogen (secondary N) is 3. The van der Waals surface area contributed by atoms with E-state index in [2.05, 4.69) is 27.6 Å². The highest BCUT2D eigenvalue weighted by molar-refractivity contribution is 5.93. The van der Waals surface area contributed by atoms with Crippen molar-refractivity contribution < 1.29 is 4.74 Å². The first-order chi connectivity index (χ1) is 11.7. The van der Waals surface area contributed by atoms with E-state index in [1.54, 1.807) is 13.3 Å². The first kappa shape index (κ1) is 15.6. The fourth-order valence-electron chi connectivity index (χ4n) is 2.67. The summed E-state index contributed by atoms with van der Waals surface area (Å²) in [5, 5.41) is 12.2. The Balaban J connectivity index is 2.00. The number of aromatic nitrogens is 1. The number of H-pyrrole nitrogens is 1. The number of nitrogens with two attached hydrogens (primary N) is 1. The third-order valence-corrected chi connectivity index (χ3v) is 3.76. The van der Waals surface area contributed by atoms with E-state index in [-0.39, 0.29) is 5.96 Å². The standard InChI is InChI=1S/C18H19N5O/c1-24-13-8-6-12(7-9-13)17-15(10-11-21-23-18(19)20)14-4-2-3-5-16(14)22-17/h2-9,11,22H,10H2,1H3,(H4,19,20,23). The van der Waals surface area contributed by atoms with E-state index in [1.807, 2.05) is 36.4 Å². The normalized spacial score (nSPS) is 11.0. The van der Waals surface area contributed by atoms with Gasteiger partial charge in [-0.2, -0.15) is 5.10 Å². The number of ether oxygens (including phenoxy) is 1. The predicted octanol–water partition coefficient (Wildman–Crippen LogP) is 2.85. The van der Waals surface area contributed by atoms with Crippen LogP contribution in [0.2, 0.25) is 0 Å². The lowest BCUT2D eigenvalue weighted by molar-refractivity contribution is 0.415. The Morgan fingerprint density at radius 2 is 2.00 bits per heavy atom. The van der Waals surface area contributed by atoms with Gasteiger partial charge >= 0.3 is 0 Å². The second-order valence-corrected chi connectivity index (χ2v) is 5.29. The van der Waals surface area contributed by atoms with Gasteiger partial charge < -0.3 is 15.5 Å². The monoisotopic (exact) mass is 321 g/mol. The molecular formula is C18H19N5O. The Kier molecular flexibility index (Phi) is 4.47. The summed E-state index contributed by atoms with van der Waals surface area (Å²) in [4.78, 5) is 3.48. The average molecular weight is 321 g/mol. The predicted molar refractivity (Wildman–Crippen MR) is 97.5 cm³/mol. The molecule has 0 saturated carbocycles. The number of aromatic amines is 1. The van der Waals surface area contributed by atoms with Crippen LogP contribution in [-0.2, 0) is 6.42 Å². The zero-order valence-electron chi connectivity index (χ0n) is 13.3. The van der Waals surface area contributed by atoms with Crippen LogP contribution in [0.15, 0.2) is 53.6 Å². The van der Waals surface area contributed by atoms with Crippen molar-refractivity contribution in [2.24, 2.45) is 10.8 Å². The van der Waals surface area contributed by atoms with Crippen molar-refractivity contribution in [2.45, 2.75) is 6.42 Å². The lowest BCUT2D eigenvalue weighted by Gasteiger charge is -2.05. The van der Waals surface area contributed by atoms with Gasteiger partial charge in [0.15, 0.2) is 0 Å². The average Bonchev–Trinajstić information content (AvgIpc) is 2.97. The third-order valence-electron chi connectivity index (χ3n) is 3.76. The summed E-state index contributed by atoms with van der Waals surface area (Å²) in [6.07, 6.45) is 2.33. The molecule has 0 amide bonds. The second kappa shape index (κ2) is 6.87. The van der Waals surface area contributed by atoms with E-state index in [4.69, 9.17) is 15.9 Å². The summed E-state index contributed by atoms with van der Waals surface area (Å²) < 4.78 is 5.22. The van der Waals surface area contributed by atoms with E-state index in [9.17, 15) is 0 Å². The molecular weight excluding hydrogens is 302 g/mol. The fourth-order valence-corrected chi connectivity index (χ4v) is 2.67. The molecule has 1 aromatic heterocycles. The second-order valence-electron chi connectivity index (χ2n) is 5.29. The zero-order chi connectivity index (χ0) is 16.9. The lowest BCUT2D eigenvalue weighted by atomic mass is 10.0. The molecule has 0 radical (unpaired) electrons. The van der Waals surface area contributed by atoms with Crippen LogP contribution in [0.5, 0.6) is 5.75 Å². The number of hydrogen-bond acceptors (Lipinski definition) is 3. The summed E-state index contributed by atoms with van der Waals surface area (Å²) >= 11 is 0. The molecule has 5 N–H and O–H groups in total. The van der Waals surface area contributed by atoms with Crippen molar-refractivity contribution in [1.29, 1.82) is 5.41 Å². The minimum atomic E-state index is -0.180. The first-order valence-electron chi connectivity index (χ1n) is 7.54. The topological polar surface area (TPSA) is 99.3 Å². The SMILES string of the molecule is COc1ccc(-c2[nH]c3ccccc3c2CC=NNC(=N)N)cc1. The van der Waals surface area contributed by atoms with Crippen LogP contribution in [0.1, 0.15) is 5.56 Å². The smallest absolute Gasteiger partial charge is 0.206 e. The van der Waals surface area contributed by atoms with Crippen molar-refractivity contribution in [2.75, 3.05) is 7.11 Å². The van der Waals surface area contributed by atoms with Crippen LogP contribution < -0.4 is 15.9 Å². The Morgan fingerprint density at radius 1 is 1.25 bits per heavy atom. The summed E-state index contributed by atoms with van der Waals surface area (Å²) in [6, 6.07) is 16.1. The molecule has 0 atom stereocenters. The van der Waals surface area contributed by atoms with E-state index in [1.165, 1.54) is 0 Å². The zero-order valence-corrected chi connectivity index (χ0v) is 13.3. The maximum absolute atomic E-state index is 7.13. The number of fused-ring (bicyclic) bond motifs is 1. The van der Waals surface area contributed by atoms with Gasteiger partial charge in [-0.15, -0.1) is 0 Å².